The number of rotatable bonds is 4. The Morgan fingerprint density at radius 3 is 3.04 bits per heavy atom. The van der Waals surface area contributed by atoms with Crippen LogP contribution in [0.25, 0.3) is 0 Å². The topological polar surface area (TPSA) is 71.2 Å². The van der Waals surface area contributed by atoms with Crippen molar-refractivity contribution in [1.29, 1.82) is 0 Å². The Morgan fingerprint density at radius 1 is 1.33 bits per heavy atom. The number of hydrogen-bond donors (Lipinski definition) is 1. The van der Waals surface area contributed by atoms with E-state index in [1.165, 1.54) is 0 Å². The lowest BCUT2D eigenvalue weighted by Gasteiger charge is -2.34. The maximum absolute atomic E-state index is 11.7. The van der Waals surface area contributed by atoms with Crippen molar-refractivity contribution in [3.8, 4) is 0 Å². The molecule has 126 valence electrons. The second-order valence-corrected chi connectivity index (χ2v) is 6.84. The molecule has 1 N–H and O–H groups in total. The Morgan fingerprint density at radius 2 is 2.25 bits per heavy atom. The molecule has 1 aliphatic heterocycles. The minimum atomic E-state index is -0.871. The Hall–Kier alpha value is -2.37. The molecule has 0 unspecified atom stereocenters. The number of nitrogens with zero attached hydrogens (tertiary/aromatic N) is 4. The van der Waals surface area contributed by atoms with Crippen molar-refractivity contribution in [2.75, 3.05) is 18.0 Å². The van der Waals surface area contributed by atoms with E-state index in [0.29, 0.717) is 17.3 Å². The average molecular weight is 326 g/mol. The lowest BCUT2D eigenvalue weighted by atomic mass is 9.97. The molecule has 0 spiro atoms. The molecule has 1 aliphatic carbocycles. The number of carboxylic acids is 1. The summed E-state index contributed by atoms with van der Waals surface area (Å²) in [5.74, 6) is 0.284. The number of aryl methyl sites for hydroxylation is 2. The summed E-state index contributed by atoms with van der Waals surface area (Å²) in [6, 6.07) is 1.85. The maximum atomic E-state index is 11.7. The van der Waals surface area contributed by atoms with Gasteiger partial charge in [-0.05, 0) is 49.7 Å². The van der Waals surface area contributed by atoms with Crippen LogP contribution in [-0.2, 0) is 19.4 Å². The van der Waals surface area contributed by atoms with Crippen LogP contribution < -0.4 is 4.90 Å². The van der Waals surface area contributed by atoms with Crippen molar-refractivity contribution in [3.63, 3.8) is 0 Å². The Labute approximate surface area is 141 Å². The lowest BCUT2D eigenvalue weighted by molar-refractivity contribution is 0.0697. The van der Waals surface area contributed by atoms with E-state index < -0.39 is 5.97 Å². The number of carbonyl (C=O) groups is 1. The molecule has 1 atom stereocenters. The van der Waals surface area contributed by atoms with Crippen molar-refractivity contribution < 1.29 is 9.90 Å². The zero-order valence-electron chi connectivity index (χ0n) is 13.7. The number of anilines is 1. The molecular formula is C18H22N4O2. The first-order valence-corrected chi connectivity index (χ1v) is 8.67. The molecule has 0 amide bonds. The molecule has 6 heteroatoms. The number of aromatic carboxylic acids is 1. The van der Waals surface area contributed by atoms with E-state index in [2.05, 4.69) is 14.5 Å². The second-order valence-electron chi connectivity index (χ2n) is 6.84. The third kappa shape index (κ3) is 2.88. The third-order valence-electron chi connectivity index (χ3n) is 5.11. The van der Waals surface area contributed by atoms with Gasteiger partial charge in [0.1, 0.15) is 11.4 Å². The summed E-state index contributed by atoms with van der Waals surface area (Å²) in [6.45, 7) is 2.65. The number of aromatic nitrogens is 3. The van der Waals surface area contributed by atoms with Crippen molar-refractivity contribution in [2.45, 2.75) is 38.6 Å². The fourth-order valence-corrected chi connectivity index (χ4v) is 3.96. The second kappa shape index (κ2) is 6.26. The fourth-order valence-electron chi connectivity index (χ4n) is 3.96. The molecule has 6 nitrogen and oxygen atoms in total. The number of imidazole rings is 1. The smallest absolute Gasteiger partial charge is 0.339 e. The van der Waals surface area contributed by atoms with Crippen LogP contribution in [0, 0.1) is 5.92 Å². The maximum Gasteiger partial charge on any atom is 0.339 e. The van der Waals surface area contributed by atoms with Crippen molar-refractivity contribution in [2.24, 2.45) is 5.92 Å². The van der Waals surface area contributed by atoms with Crippen LogP contribution in [0.4, 0.5) is 5.82 Å². The number of carboxylic acid groups (broad SMARTS) is 1. The van der Waals surface area contributed by atoms with E-state index in [0.717, 1.165) is 63.0 Å². The standard InChI is InChI=1S/C18H22N4O2/c23-18(24)15-9-14-4-1-5-16(14)20-17(15)22-7-2-3-13(11-22)10-21-8-6-19-12-21/h6,8-9,12-13H,1-5,7,10-11H2,(H,23,24)/t13-/m1/s1. The molecule has 0 aromatic carbocycles. The van der Waals surface area contributed by atoms with Crippen LogP contribution in [0.15, 0.2) is 24.8 Å². The quantitative estimate of drug-likeness (QED) is 0.934. The fraction of sp³-hybridized carbons (Fsp3) is 0.500. The summed E-state index contributed by atoms with van der Waals surface area (Å²) in [5, 5.41) is 9.62. The van der Waals surface area contributed by atoms with Crippen LogP contribution in [0.5, 0.6) is 0 Å². The average Bonchev–Trinajstić information content (AvgIpc) is 3.24. The van der Waals surface area contributed by atoms with E-state index in [1.54, 1.807) is 6.20 Å². The number of pyridine rings is 1. The zero-order chi connectivity index (χ0) is 16.5. The summed E-state index contributed by atoms with van der Waals surface area (Å²) < 4.78 is 2.10. The van der Waals surface area contributed by atoms with Crippen molar-refractivity contribution in [3.05, 3.63) is 41.6 Å². The highest BCUT2D eigenvalue weighted by Gasteiger charge is 2.27. The Kier molecular flexibility index (Phi) is 3.96. The Bertz CT molecular complexity index is 742. The van der Waals surface area contributed by atoms with Crippen LogP contribution >= 0.6 is 0 Å². The molecule has 0 saturated carbocycles. The number of piperidine rings is 1. The minimum absolute atomic E-state index is 0.360. The van der Waals surface area contributed by atoms with Gasteiger partial charge in [0.15, 0.2) is 0 Å². The van der Waals surface area contributed by atoms with Gasteiger partial charge in [0.2, 0.25) is 0 Å². The van der Waals surface area contributed by atoms with E-state index >= 15 is 0 Å². The van der Waals surface area contributed by atoms with Gasteiger partial charge in [-0.25, -0.2) is 14.8 Å². The number of fused-ring (bicyclic) bond motifs is 1. The van der Waals surface area contributed by atoms with Gasteiger partial charge in [-0.3, -0.25) is 0 Å². The highest BCUT2D eigenvalue weighted by molar-refractivity contribution is 5.93. The van der Waals surface area contributed by atoms with Crippen molar-refractivity contribution >= 4 is 11.8 Å². The minimum Gasteiger partial charge on any atom is -0.478 e. The molecule has 24 heavy (non-hydrogen) atoms. The molecule has 4 rings (SSSR count). The van der Waals surface area contributed by atoms with Gasteiger partial charge in [0.25, 0.3) is 0 Å². The molecule has 1 fully saturated rings. The largest absolute Gasteiger partial charge is 0.478 e. The summed E-state index contributed by atoms with van der Waals surface area (Å²) >= 11 is 0. The molecule has 0 radical (unpaired) electrons. The first-order chi connectivity index (χ1) is 11.7. The summed E-state index contributed by atoms with van der Waals surface area (Å²) in [6.07, 6.45) is 10.8. The SMILES string of the molecule is O=C(O)c1cc2c(nc1N1CCC[C@H](Cn3ccnc3)C1)CCC2. The van der Waals surface area contributed by atoms with E-state index in [1.807, 2.05) is 18.6 Å². The lowest BCUT2D eigenvalue weighted by Crippen LogP contribution is -2.38. The highest BCUT2D eigenvalue weighted by atomic mass is 16.4. The van der Waals surface area contributed by atoms with Gasteiger partial charge in [-0.15, -0.1) is 0 Å². The van der Waals surface area contributed by atoms with Crippen LogP contribution in [-0.4, -0.2) is 38.7 Å². The van der Waals surface area contributed by atoms with E-state index in [-0.39, 0.29) is 0 Å². The normalized spacial score (nSPS) is 20.2. The van der Waals surface area contributed by atoms with Crippen LogP contribution in [0.1, 0.15) is 40.9 Å². The zero-order valence-corrected chi connectivity index (χ0v) is 13.7. The highest BCUT2D eigenvalue weighted by Crippen LogP contribution is 2.30. The van der Waals surface area contributed by atoms with E-state index in [9.17, 15) is 9.90 Å². The summed E-state index contributed by atoms with van der Waals surface area (Å²) in [5.41, 5.74) is 2.56. The first-order valence-electron chi connectivity index (χ1n) is 8.67. The van der Waals surface area contributed by atoms with Gasteiger partial charge < -0.3 is 14.6 Å². The summed E-state index contributed by atoms with van der Waals surface area (Å²) in [7, 11) is 0. The molecule has 3 heterocycles. The van der Waals surface area contributed by atoms with Crippen molar-refractivity contribution in [1.82, 2.24) is 14.5 Å². The van der Waals surface area contributed by atoms with Crippen LogP contribution in [0.2, 0.25) is 0 Å². The predicted octanol–water partition coefficient (Wildman–Crippen LogP) is 2.38. The predicted molar refractivity (Wildman–Crippen MR) is 90.4 cm³/mol. The van der Waals surface area contributed by atoms with Crippen LogP contribution in [0.3, 0.4) is 0 Å². The third-order valence-corrected chi connectivity index (χ3v) is 5.11. The summed E-state index contributed by atoms with van der Waals surface area (Å²) in [4.78, 5) is 22.8. The van der Waals surface area contributed by atoms with Gasteiger partial charge in [-0.2, -0.15) is 0 Å². The number of hydrogen-bond acceptors (Lipinski definition) is 4. The van der Waals surface area contributed by atoms with Gasteiger partial charge in [-0.1, -0.05) is 0 Å². The molecular weight excluding hydrogens is 304 g/mol. The van der Waals surface area contributed by atoms with Gasteiger partial charge in [0.05, 0.1) is 6.33 Å². The van der Waals surface area contributed by atoms with E-state index in [4.69, 9.17) is 4.98 Å². The molecule has 2 aliphatic rings. The molecule has 2 aromatic heterocycles. The first kappa shape index (κ1) is 15.2. The molecule has 1 saturated heterocycles. The van der Waals surface area contributed by atoms with Gasteiger partial charge >= 0.3 is 5.97 Å². The molecule has 0 bridgehead atoms. The molecule has 2 aromatic rings. The van der Waals surface area contributed by atoms with Gasteiger partial charge in [0, 0.05) is 37.7 Å². The Balaban J connectivity index is 1.59. The monoisotopic (exact) mass is 326 g/mol.